The molecule has 0 aromatic carbocycles. The van der Waals surface area contributed by atoms with Gasteiger partial charge < -0.3 is 0 Å². The van der Waals surface area contributed by atoms with Crippen LogP contribution in [0.1, 0.15) is 43.8 Å². The van der Waals surface area contributed by atoms with Crippen molar-refractivity contribution in [1.29, 1.82) is 0 Å². The smallest absolute Gasteiger partial charge is 0.216 e. The first-order chi connectivity index (χ1) is 10.1. The van der Waals surface area contributed by atoms with E-state index in [1.165, 1.54) is 0 Å². The Morgan fingerprint density at radius 3 is 2.86 bits per heavy atom. The van der Waals surface area contributed by atoms with Crippen molar-refractivity contribution in [2.24, 2.45) is 5.10 Å². The van der Waals surface area contributed by atoms with Crippen molar-refractivity contribution in [2.45, 2.75) is 46.6 Å². The lowest BCUT2D eigenvalue weighted by Crippen LogP contribution is -2.00. The number of halogens is 1. The predicted molar refractivity (Wildman–Crippen MR) is 86.7 cm³/mol. The molecule has 0 saturated heterocycles. The van der Waals surface area contributed by atoms with E-state index in [4.69, 9.17) is 23.8 Å². The molecular weight excluding hydrogens is 308 g/mol. The molecule has 0 amide bonds. The van der Waals surface area contributed by atoms with Crippen LogP contribution in [0.2, 0.25) is 5.15 Å². The maximum Gasteiger partial charge on any atom is 0.216 e. The first kappa shape index (κ1) is 15.9. The molecular formula is C13H19ClN6S. The van der Waals surface area contributed by atoms with Crippen LogP contribution in [-0.4, -0.2) is 30.9 Å². The van der Waals surface area contributed by atoms with Crippen molar-refractivity contribution in [3.63, 3.8) is 0 Å². The molecule has 0 fully saturated rings. The standard InChI is InChI=1S/C13H19ClN6S/c1-4-6-7-19-12(14)10(9(3)18-19)8-15-20-11(5-2)16-17-13(20)21/h8H,4-7H2,1-3H3,(H,17,21)/b15-8-. The zero-order valence-corrected chi connectivity index (χ0v) is 14.0. The minimum absolute atomic E-state index is 0.468. The summed E-state index contributed by atoms with van der Waals surface area (Å²) in [5, 5.41) is 16.3. The molecule has 1 N–H and O–H groups in total. The van der Waals surface area contributed by atoms with E-state index < -0.39 is 0 Å². The molecule has 0 bridgehead atoms. The van der Waals surface area contributed by atoms with Gasteiger partial charge in [0.1, 0.15) is 5.15 Å². The van der Waals surface area contributed by atoms with Gasteiger partial charge in [0.15, 0.2) is 5.82 Å². The summed E-state index contributed by atoms with van der Waals surface area (Å²) in [6.45, 7) is 6.87. The molecule has 0 unspecified atom stereocenters. The molecule has 8 heteroatoms. The van der Waals surface area contributed by atoms with Crippen LogP contribution in [0.5, 0.6) is 0 Å². The van der Waals surface area contributed by atoms with Crippen molar-refractivity contribution < 1.29 is 0 Å². The molecule has 0 spiro atoms. The summed E-state index contributed by atoms with van der Waals surface area (Å²) < 4.78 is 3.89. The minimum Gasteiger partial charge on any atom is -0.253 e. The number of aromatic nitrogens is 5. The van der Waals surface area contributed by atoms with E-state index in [1.54, 1.807) is 10.9 Å². The van der Waals surface area contributed by atoms with Gasteiger partial charge in [-0.2, -0.15) is 20.0 Å². The normalized spacial score (nSPS) is 11.6. The van der Waals surface area contributed by atoms with Gasteiger partial charge in [-0.3, -0.25) is 9.78 Å². The third-order valence-electron chi connectivity index (χ3n) is 3.17. The Morgan fingerprint density at radius 1 is 1.43 bits per heavy atom. The fourth-order valence-corrected chi connectivity index (χ4v) is 2.46. The van der Waals surface area contributed by atoms with Crippen molar-refractivity contribution in [2.75, 3.05) is 0 Å². The van der Waals surface area contributed by atoms with Gasteiger partial charge >= 0.3 is 0 Å². The number of nitrogens with one attached hydrogen (secondary N) is 1. The van der Waals surface area contributed by atoms with Gasteiger partial charge in [-0.1, -0.05) is 31.9 Å². The van der Waals surface area contributed by atoms with Crippen LogP contribution >= 0.6 is 23.8 Å². The van der Waals surface area contributed by atoms with E-state index in [1.807, 2.05) is 18.5 Å². The van der Waals surface area contributed by atoms with Crippen LogP contribution in [0.15, 0.2) is 5.10 Å². The van der Waals surface area contributed by atoms with Crippen LogP contribution in [-0.2, 0) is 13.0 Å². The summed E-state index contributed by atoms with van der Waals surface area (Å²) in [4.78, 5) is 0. The zero-order valence-electron chi connectivity index (χ0n) is 12.4. The summed E-state index contributed by atoms with van der Waals surface area (Å²) in [7, 11) is 0. The van der Waals surface area contributed by atoms with Crippen molar-refractivity contribution in [3.8, 4) is 0 Å². The number of rotatable bonds is 6. The molecule has 21 heavy (non-hydrogen) atoms. The molecule has 0 aliphatic rings. The lowest BCUT2D eigenvalue weighted by molar-refractivity contribution is 0.569. The zero-order chi connectivity index (χ0) is 15.4. The second-order valence-corrected chi connectivity index (χ2v) is 5.47. The molecule has 6 nitrogen and oxygen atoms in total. The quantitative estimate of drug-likeness (QED) is 0.654. The highest BCUT2D eigenvalue weighted by atomic mass is 35.5. The molecule has 2 aromatic heterocycles. The number of hydrogen-bond acceptors (Lipinski definition) is 4. The maximum atomic E-state index is 6.37. The number of aromatic amines is 1. The molecule has 0 aliphatic carbocycles. The lowest BCUT2D eigenvalue weighted by Gasteiger charge is -2.00. The largest absolute Gasteiger partial charge is 0.253 e. The summed E-state index contributed by atoms with van der Waals surface area (Å²) in [6.07, 6.45) is 4.58. The highest BCUT2D eigenvalue weighted by molar-refractivity contribution is 7.71. The predicted octanol–water partition coefficient (Wildman–Crippen LogP) is 3.34. The van der Waals surface area contributed by atoms with E-state index in [2.05, 4.69) is 27.3 Å². The molecule has 0 saturated carbocycles. The number of H-pyrrole nitrogens is 1. The number of unbranched alkanes of at least 4 members (excludes halogenated alkanes) is 1. The van der Waals surface area contributed by atoms with Crippen LogP contribution in [0.25, 0.3) is 0 Å². The van der Waals surface area contributed by atoms with Gasteiger partial charge in [0.05, 0.1) is 17.5 Å². The Balaban J connectivity index is 2.31. The first-order valence-electron chi connectivity index (χ1n) is 7.02. The Kier molecular flexibility index (Phi) is 5.30. The SMILES string of the molecule is CCCCn1nc(C)c(/C=N\n2c(CC)n[nH]c2=S)c1Cl. The van der Waals surface area contributed by atoms with E-state index in [9.17, 15) is 0 Å². The highest BCUT2D eigenvalue weighted by Crippen LogP contribution is 2.18. The second-order valence-electron chi connectivity index (χ2n) is 4.72. The number of nitrogens with zero attached hydrogens (tertiary/aromatic N) is 5. The van der Waals surface area contributed by atoms with Crippen LogP contribution in [0, 0.1) is 11.7 Å². The molecule has 0 aliphatic heterocycles. The monoisotopic (exact) mass is 326 g/mol. The Bertz CT molecular complexity index is 696. The van der Waals surface area contributed by atoms with Gasteiger partial charge in [-0.05, 0) is 25.6 Å². The highest BCUT2D eigenvalue weighted by Gasteiger charge is 2.11. The van der Waals surface area contributed by atoms with E-state index in [0.29, 0.717) is 9.92 Å². The molecule has 0 atom stereocenters. The van der Waals surface area contributed by atoms with Crippen molar-refractivity contribution in [1.82, 2.24) is 24.7 Å². The average Bonchev–Trinajstić information content (AvgIpc) is 2.95. The van der Waals surface area contributed by atoms with Crippen LogP contribution < -0.4 is 0 Å². The number of aryl methyl sites for hydroxylation is 3. The topological polar surface area (TPSA) is 63.8 Å². The maximum absolute atomic E-state index is 6.37. The fraction of sp³-hybridized carbons (Fsp3) is 0.538. The van der Waals surface area contributed by atoms with Crippen molar-refractivity contribution >= 4 is 30.0 Å². The van der Waals surface area contributed by atoms with E-state index >= 15 is 0 Å². The summed E-state index contributed by atoms with van der Waals surface area (Å²) in [5.74, 6) is 0.781. The lowest BCUT2D eigenvalue weighted by atomic mass is 10.3. The summed E-state index contributed by atoms with van der Waals surface area (Å²) >= 11 is 11.5. The van der Waals surface area contributed by atoms with Crippen LogP contribution in [0.4, 0.5) is 0 Å². The molecule has 2 aromatic rings. The Hall–Kier alpha value is -1.47. The number of hydrogen-bond donors (Lipinski definition) is 1. The molecule has 114 valence electrons. The minimum atomic E-state index is 0.468. The summed E-state index contributed by atoms with van der Waals surface area (Å²) in [6, 6.07) is 0. The third kappa shape index (κ3) is 3.41. The fourth-order valence-electron chi connectivity index (χ4n) is 1.96. The van der Waals surface area contributed by atoms with Gasteiger partial charge in [-0.15, -0.1) is 0 Å². The van der Waals surface area contributed by atoms with Crippen LogP contribution in [0.3, 0.4) is 0 Å². The van der Waals surface area contributed by atoms with Gasteiger partial charge in [0.25, 0.3) is 0 Å². The van der Waals surface area contributed by atoms with Gasteiger partial charge in [0, 0.05) is 13.0 Å². The first-order valence-corrected chi connectivity index (χ1v) is 7.80. The average molecular weight is 327 g/mol. The van der Waals surface area contributed by atoms with E-state index in [-0.39, 0.29) is 0 Å². The second kappa shape index (κ2) is 7.00. The molecule has 0 radical (unpaired) electrons. The molecule has 2 heterocycles. The van der Waals surface area contributed by atoms with Gasteiger partial charge in [-0.25, -0.2) is 0 Å². The van der Waals surface area contributed by atoms with Gasteiger partial charge in [0.2, 0.25) is 4.77 Å². The van der Waals surface area contributed by atoms with E-state index in [0.717, 1.165) is 42.9 Å². The van der Waals surface area contributed by atoms with Crippen molar-refractivity contribution in [3.05, 3.63) is 27.0 Å². The summed E-state index contributed by atoms with van der Waals surface area (Å²) in [5.41, 5.74) is 1.67. The Morgan fingerprint density at radius 2 is 2.19 bits per heavy atom. The molecule has 2 rings (SSSR count). The third-order valence-corrected chi connectivity index (χ3v) is 3.83. The Labute approximate surface area is 133 Å².